The number of nitrogens with one attached hydrogen (secondary N) is 1. The Morgan fingerprint density at radius 1 is 1.24 bits per heavy atom. The predicted octanol–water partition coefficient (Wildman–Crippen LogP) is 2.69. The Labute approximate surface area is 172 Å². The molecule has 1 amide bonds. The summed E-state index contributed by atoms with van der Waals surface area (Å²) in [6.07, 6.45) is 5.72. The highest BCUT2D eigenvalue weighted by molar-refractivity contribution is 7.90. The van der Waals surface area contributed by atoms with Crippen molar-refractivity contribution in [1.29, 1.82) is 0 Å². The lowest BCUT2D eigenvalue weighted by atomic mass is 9.94. The van der Waals surface area contributed by atoms with Gasteiger partial charge in [0.15, 0.2) is 15.0 Å². The van der Waals surface area contributed by atoms with Crippen molar-refractivity contribution in [2.75, 3.05) is 24.8 Å². The quantitative estimate of drug-likeness (QED) is 0.668. The summed E-state index contributed by atoms with van der Waals surface area (Å²) in [5, 5.41) is 11.8. The van der Waals surface area contributed by atoms with E-state index in [1.54, 1.807) is 12.1 Å². The number of carboxylic acid groups (broad SMARTS) is 1. The van der Waals surface area contributed by atoms with Crippen molar-refractivity contribution < 1.29 is 27.9 Å². The number of carboxylic acids is 1. The summed E-state index contributed by atoms with van der Waals surface area (Å²) in [4.78, 5) is 28.1. The van der Waals surface area contributed by atoms with Crippen molar-refractivity contribution in [3.63, 3.8) is 0 Å². The summed E-state index contributed by atoms with van der Waals surface area (Å²) in [5.74, 6) is -1.41. The van der Waals surface area contributed by atoms with Crippen LogP contribution >= 0.6 is 11.3 Å². The zero-order valence-electron chi connectivity index (χ0n) is 15.6. The van der Waals surface area contributed by atoms with Gasteiger partial charge in [-0.2, -0.15) is 0 Å². The molecule has 1 aromatic heterocycles. The van der Waals surface area contributed by atoms with Gasteiger partial charge in [-0.15, -0.1) is 0 Å². The van der Waals surface area contributed by atoms with E-state index in [2.05, 4.69) is 10.3 Å². The fourth-order valence-corrected chi connectivity index (χ4v) is 4.18. The Bertz CT molecular complexity index is 1030. The summed E-state index contributed by atoms with van der Waals surface area (Å²) in [5.41, 5.74) is 0.945. The van der Waals surface area contributed by atoms with Gasteiger partial charge in [-0.3, -0.25) is 10.1 Å². The molecule has 0 spiro atoms. The number of anilines is 1. The molecule has 8 nitrogen and oxygen atoms in total. The van der Waals surface area contributed by atoms with Crippen LogP contribution in [0.4, 0.5) is 5.13 Å². The SMILES string of the molecule is CS(=O)(=O)c1ccc(C(=CC2CCOCC2)C(=O)Nc2ncc(C(=O)O)s2)cc1. The number of hydrogen-bond acceptors (Lipinski definition) is 7. The van der Waals surface area contributed by atoms with Crippen molar-refractivity contribution in [2.45, 2.75) is 17.7 Å². The number of rotatable bonds is 6. The van der Waals surface area contributed by atoms with Gasteiger partial charge in [-0.25, -0.2) is 18.2 Å². The van der Waals surface area contributed by atoms with E-state index in [4.69, 9.17) is 9.84 Å². The molecule has 1 saturated heterocycles. The van der Waals surface area contributed by atoms with Crippen LogP contribution in [0.3, 0.4) is 0 Å². The molecule has 3 rings (SSSR count). The average Bonchev–Trinajstić information content (AvgIpc) is 3.15. The smallest absolute Gasteiger partial charge is 0.347 e. The number of aromatic nitrogens is 1. The second kappa shape index (κ2) is 8.85. The molecule has 0 radical (unpaired) electrons. The van der Waals surface area contributed by atoms with Crippen LogP contribution in [-0.4, -0.2) is 49.9 Å². The maximum atomic E-state index is 12.9. The highest BCUT2D eigenvalue weighted by Gasteiger charge is 2.20. The molecule has 0 atom stereocenters. The first-order valence-corrected chi connectivity index (χ1v) is 11.6. The molecule has 2 aromatic rings. The molecule has 1 aromatic carbocycles. The van der Waals surface area contributed by atoms with Crippen molar-refractivity contribution >= 4 is 43.8 Å². The zero-order chi connectivity index (χ0) is 21.0. The molecule has 154 valence electrons. The summed E-state index contributed by atoms with van der Waals surface area (Å²) in [6.45, 7) is 1.22. The Hall–Kier alpha value is -2.56. The third-order valence-corrected chi connectivity index (χ3v) is 6.47. The van der Waals surface area contributed by atoms with Crippen LogP contribution < -0.4 is 5.32 Å². The highest BCUT2D eigenvalue weighted by atomic mass is 32.2. The zero-order valence-corrected chi connectivity index (χ0v) is 17.3. The molecular formula is C19H20N2O6S2. The number of amides is 1. The molecule has 1 aliphatic heterocycles. The highest BCUT2D eigenvalue weighted by Crippen LogP contribution is 2.26. The van der Waals surface area contributed by atoms with Gasteiger partial charge in [0.05, 0.1) is 11.1 Å². The fourth-order valence-electron chi connectivity index (χ4n) is 2.90. The molecule has 1 aliphatic rings. The summed E-state index contributed by atoms with van der Waals surface area (Å²) in [6, 6.07) is 6.10. The Balaban J connectivity index is 1.90. The molecule has 1 fully saturated rings. The average molecular weight is 437 g/mol. The third-order valence-electron chi connectivity index (χ3n) is 4.44. The van der Waals surface area contributed by atoms with Crippen molar-refractivity contribution in [3.05, 3.63) is 47.0 Å². The number of sulfone groups is 1. The third kappa shape index (κ3) is 5.49. The first kappa shape index (κ1) is 21.2. The van der Waals surface area contributed by atoms with E-state index in [0.29, 0.717) is 24.4 Å². The predicted molar refractivity (Wildman–Crippen MR) is 109 cm³/mol. The minimum Gasteiger partial charge on any atom is -0.477 e. The van der Waals surface area contributed by atoms with E-state index < -0.39 is 21.7 Å². The number of aromatic carboxylic acids is 1. The monoisotopic (exact) mass is 436 g/mol. The van der Waals surface area contributed by atoms with Crippen molar-refractivity contribution in [1.82, 2.24) is 4.98 Å². The Kier molecular flexibility index (Phi) is 6.46. The van der Waals surface area contributed by atoms with Crippen LogP contribution in [0.2, 0.25) is 0 Å². The van der Waals surface area contributed by atoms with Gasteiger partial charge in [-0.05, 0) is 36.5 Å². The van der Waals surface area contributed by atoms with Crippen LogP contribution in [0.1, 0.15) is 28.1 Å². The lowest BCUT2D eigenvalue weighted by Crippen LogP contribution is -2.18. The number of ether oxygens (including phenoxy) is 1. The molecule has 0 bridgehead atoms. The maximum absolute atomic E-state index is 12.9. The number of allylic oxidation sites excluding steroid dienone is 1. The van der Waals surface area contributed by atoms with Crippen LogP contribution in [0.15, 0.2) is 41.4 Å². The van der Waals surface area contributed by atoms with Gasteiger partial charge in [0.2, 0.25) is 0 Å². The molecule has 2 heterocycles. The summed E-state index contributed by atoms with van der Waals surface area (Å²) >= 11 is 0.865. The van der Waals surface area contributed by atoms with Crippen LogP contribution in [0.25, 0.3) is 5.57 Å². The normalized spacial score (nSPS) is 15.8. The van der Waals surface area contributed by atoms with E-state index in [-0.39, 0.29) is 20.8 Å². The Morgan fingerprint density at radius 3 is 2.45 bits per heavy atom. The van der Waals surface area contributed by atoms with Gasteiger partial charge < -0.3 is 9.84 Å². The first-order chi connectivity index (χ1) is 13.7. The van der Waals surface area contributed by atoms with Gasteiger partial charge in [0.1, 0.15) is 4.88 Å². The van der Waals surface area contributed by atoms with E-state index >= 15 is 0 Å². The van der Waals surface area contributed by atoms with Gasteiger partial charge >= 0.3 is 5.97 Å². The first-order valence-electron chi connectivity index (χ1n) is 8.84. The largest absolute Gasteiger partial charge is 0.477 e. The molecule has 10 heteroatoms. The molecule has 0 aliphatic carbocycles. The summed E-state index contributed by atoms with van der Waals surface area (Å²) in [7, 11) is -3.35. The maximum Gasteiger partial charge on any atom is 0.347 e. The number of carbonyl (C=O) groups is 2. The second-order valence-electron chi connectivity index (χ2n) is 6.62. The molecular weight excluding hydrogens is 416 g/mol. The minimum atomic E-state index is -3.35. The number of hydrogen-bond donors (Lipinski definition) is 2. The lowest BCUT2D eigenvalue weighted by Gasteiger charge is -2.20. The molecule has 0 saturated carbocycles. The molecule has 29 heavy (non-hydrogen) atoms. The summed E-state index contributed by atoms with van der Waals surface area (Å²) < 4.78 is 28.8. The fraction of sp³-hybridized carbons (Fsp3) is 0.316. The van der Waals surface area contributed by atoms with Crippen LogP contribution in [-0.2, 0) is 19.4 Å². The van der Waals surface area contributed by atoms with E-state index in [9.17, 15) is 18.0 Å². The molecule has 2 N–H and O–H groups in total. The van der Waals surface area contributed by atoms with E-state index in [1.807, 2.05) is 6.08 Å². The topological polar surface area (TPSA) is 123 Å². The van der Waals surface area contributed by atoms with Gasteiger partial charge in [0.25, 0.3) is 5.91 Å². The second-order valence-corrected chi connectivity index (χ2v) is 9.66. The van der Waals surface area contributed by atoms with Crippen molar-refractivity contribution in [2.24, 2.45) is 5.92 Å². The van der Waals surface area contributed by atoms with Gasteiger partial charge in [-0.1, -0.05) is 29.5 Å². The minimum absolute atomic E-state index is 0.0211. The van der Waals surface area contributed by atoms with E-state index in [0.717, 1.165) is 30.4 Å². The number of benzene rings is 1. The number of thiazole rings is 1. The number of nitrogens with zero attached hydrogens (tertiary/aromatic N) is 1. The standard InChI is InChI=1S/C19H20N2O6S2/c1-29(25,26)14-4-2-13(3-5-14)15(10-12-6-8-27-9-7-12)17(22)21-19-20-11-16(28-19)18(23)24/h2-5,10-12H,6-9H2,1H3,(H,23,24)(H,20,21,22). The number of carbonyl (C=O) groups excluding carboxylic acids is 1. The van der Waals surface area contributed by atoms with Gasteiger partial charge in [0, 0.05) is 25.0 Å². The lowest BCUT2D eigenvalue weighted by molar-refractivity contribution is -0.111. The molecule has 0 unspecified atom stereocenters. The van der Waals surface area contributed by atoms with Crippen molar-refractivity contribution in [3.8, 4) is 0 Å². The van der Waals surface area contributed by atoms with E-state index in [1.165, 1.54) is 18.3 Å². The van der Waals surface area contributed by atoms with Crippen LogP contribution in [0.5, 0.6) is 0 Å². The Morgan fingerprint density at radius 2 is 1.90 bits per heavy atom. The van der Waals surface area contributed by atoms with Crippen LogP contribution in [0, 0.1) is 5.92 Å².